The second-order valence-electron chi connectivity index (χ2n) is 11.3. The number of ether oxygens (including phenoxy) is 2. The van der Waals surface area contributed by atoms with Gasteiger partial charge in [0.05, 0.1) is 0 Å². The molecule has 2 aromatic carbocycles. The van der Waals surface area contributed by atoms with Crippen LogP contribution >= 0.6 is 0 Å². The van der Waals surface area contributed by atoms with E-state index in [9.17, 15) is 14.4 Å². The lowest BCUT2D eigenvalue weighted by molar-refractivity contribution is -0.134. The normalized spacial score (nSPS) is 29.4. The van der Waals surface area contributed by atoms with Gasteiger partial charge in [-0.1, -0.05) is 0 Å². The fourth-order valence-corrected chi connectivity index (χ4v) is 6.76. The molecule has 2 N–H and O–H groups in total. The van der Waals surface area contributed by atoms with E-state index in [0.29, 0.717) is 24.0 Å². The minimum atomic E-state index is -1.26. The van der Waals surface area contributed by atoms with Crippen molar-refractivity contribution in [1.82, 2.24) is 9.80 Å². The Balaban J connectivity index is 0.000000319. The number of ketones is 1. The van der Waals surface area contributed by atoms with E-state index in [0.717, 1.165) is 46.8 Å². The SMILES string of the molecule is O=C(O)C=CC(=O)O.O=C1c2cc(O[C@@H]3CN4CCC3CC4)ccc2-c2ccc(O[C@@H]3CN4CCC3CC4)cc21. The van der Waals surface area contributed by atoms with Crippen LogP contribution in [0, 0.1) is 11.8 Å². The van der Waals surface area contributed by atoms with E-state index in [1.807, 2.05) is 24.3 Å². The molecule has 9 heteroatoms. The zero-order valence-corrected chi connectivity index (χ0v) is 22.3. The maximum Gasteiger partial charge on any atom is 0.328 e. The van der Waals surface area contributed by atoms with Gasteiger partial charge < -0.3 is 19.7 Å². The number of carbonyl (C=O) groups is 3. The number of rotatable bonds is 6. The third-order valence-corrected chi connectivity index (χ3v) is 8.90. The molecular weight excluding hydrogens is 512 g/mol. The standard InChI is InChI=1S/C27H30N2O3.C4H4O4/c30-27-23-13-19(31-25-15-28-9-5-17(25)6-10-28)1-3-21(23)22-4-2-20(14-24(22)27)32-26-16-29-11-7-18(26)8-12-29;5-3(6)1-2-4(7)8/h1-4,13-14,17-18,25-26H,5-12,15-16H2;1-2H,(H,5,6)(H,7,8)/t25-,26-;/m1./s1. The predicted molar refractivity (Wildman–Crippen MR) is 147 cm³/mol. The number of fused-ring (bicyclic) bond motifs is 9. The molecule has 7 aliphatic rings. The van der Waals surface area contributed by atoms with Gasteiger partial charge >= 0.3 is 11.9 Å². The molecule has 0 amide bonds. The fourth-order valence-electron chi connectivity index (χ4n) is 6.76. The van der Waals surface area contributed by atoms with Crippen molar-refractivity contribution in [3.63, 3.8) is 0 Å². The number of nitrogens with zero attached hydrogens (tertiary/aromatic N) is 2. The highest BCUT2D eigenvalue weighted by molar-refractivity contribution is 6.22. The van der Waals surface area contributed by atoms with Crippen molar-refractivity contribution in [2.75, 3.05) is 39.3 Å². The zero-order chi connectivity index (χ0) is 27.8. The third kappa shape index (κ3) is 5.48. The monoisotopic (exact) mass is 546 g/mol. The Morgan fingerprint density at radius 2 is 1.07 bits per heavy atom. The molecule has 6 saturated heterocycles. The molecule has 0 aromatic heterocycles. The molecule has 1 aliphatic carbocycles. The van der Waals surface area contributed by atoms with E-state index >= 15 is 0 Å². The van der Waals surface area contributed by atoms with E-state index in [4.69, 9.17) is 19.7 Å². The summed E-state index contributed by atoms with van der Waals surface area (Å²) in [5.41, 5.74) is 3.55. The highest BCUT2D eigenvalue weighted by Crippen LogP contribution is 2.41. The second-order valence-corrected chi connectivity index (χ2v) is 11.3. The molecular formula is C31H34N2O7. The van der Waals surface area contributed by atoms with Crippen LogP contribution in [0.15, 0.2) is 48.6 Å². The Morgan fingerprint density at radius 1 is 0.675 bits per heavy atom. The van der Waals surface area contributed by atoms with E-state index < -0.39 is 11.9 Å². The topological polar surface area (TPSA) is 117 Å². The quantitative estimate of drug-likeness (QED) is 0.448. The summed E-state index contributed by atoms with van der Waals surface area (Å²) in [6, 6.07) is 12.1. The molecule has 0 unspecified atom stereocenters. The molecule has 6 fully saturated rings. The number of hydrogen-bond acceptors (Lipinski definition) is 7. The Labute approximate surface area is 233 Å². The lowest BCUT2D eigenvalue weighted by Gasteiger charge is -2.44. The molecule has 9 nitrogen and oxygen atoms in total. The number of carboxylic acid groups (broad SMARTS) is 2. The molecule has 0 spiro atoms. The molecule has 4 bridgehead atoms. The fraction of sp³-hybridized carbons (Fsp3) is 0.452. The minimum absolute atomic E-state index is 0.0914. The first-order chi connectivity index (χ1) is 19.3. The van der Waals surface area contributed by atoms with Gasteiger partial charge in [0.15, 0.2) is 5.78 Å². The van der Waals surface area contributed by atoms with Gasteiger partial charge in [-0.15, -0.1) is 0 Å². The molecule has 210 valence electrons. The molecule has 2 aromatic rings. The van der Waals surface area contributed by atoms with Crippen LogP contribution in [0.4, 0.5) is 0 Å². The first-order valence-corrected chi connectivity index (χ1v) is 14.1. The predicted octanol–water partition coefficient (Wildman–Crippen LogP) is 3.56. The van der Waals surface area contributed by atoms with Crippen LogP contribution in [0.1, 0.15) is 41.6 Å². The Morgan fingerprint density at radius 3 is 1.40 bits per heavy atom. The van der Waals surface area contributed by atoms with Crippen LogP contribution in [0.5, 0.6) is 11.5 Å². The Hall–Kier alpha value is -3.69. The van der Waals surface area contributed by atoms with Crippen LogP contribution in [0.2, 0.25) is 0 Å². The molecule has 0 radical (unpaired) electrons. The average Bonchev–Trinajstić information content (AvgIpc) is 3.24. The summed E-state index contributed by atoms with van der Waals surface area (Å²) in [5, 5.41) is 15.6. The average molecular weight is 547 g/mol. The van der Waals surface area contributed by atoms with Crippen LogP contribution in [-0.4, -0.2) is 89.2 Å². The first kappa shape index (κ1) is 26.5. The van der Waals surface area contributed by atoms with E-state index in [-0.39, 0.29) is 18.0 Å². The highest BCUT2D eigenvalue weighted by atomic mass is 16.5. The number of carboxylic acids is 2. The van der Waals surface area contributed by atoms with Gasteiger partial charge in [-0.3, -0.25) is 14.6 Å². The summed E-state index contributed by atoms with van der Waals surface area (Å²) in [7, 11) is 0. The molecule has 6 aliphatic heterocycles. The van der Waals surface area contributed by atoms with Crippen LogP contribution in [0.3, 0.4) is 0 Å². The minimum Gasteiger partial charge on any atom is -0.489 e. The van der Waals surface area contributed by atoms with Crippen molar-refractivity contribution >= 4 is 17.7 Å². The molecule has 0 saturated carbocycles. The smallest absolute Gasteiger partial charge is 0.328 e. The Bertz CT molecular complexity index is 1240. The number of aliphatic carboxylic acids is 2. The van der Waals surface area contributed by atoms with Gasteiger partial charge in [0.25, 0.3) is 0 Å². The van der Waals surface area contributed by atoms with Crippen molar-refractivity contribution < 1.29 is 34.1 Å². The van der Waals surface area contributed by atoms with Gasteiger partial charge in [-0.05, 0) is 111 Å². The number of piperidine rings is 6. The van der Waals surface area contributed by atoms with Gasteiger partial charge in [-0.25, -0.2) is 9.59 Å². The van der Waals surface area contributed by atoms with E-state index in [2.05, 4.69) is 21.9 Å². The summed E-state index contributed by atoms with van der Waals surface area (Å²) in [6.45, 7) is 6.82. The van der Waals surface area contributed by atoms with Gasteiger partial charge in [0.1, 0.15) is 23.7 Å². The molecule has 2 atom stereocenters. The van der Waals surface area contributed by atoms with E-state index in [1.54, 1.807) is 0 Å². The second kappa shape index (κ2) is 11.1. The lowest BCUT2D eigenvalue weighted by atomic mass is 9.86. The van der Waals surface area contributed by atoms with Crippen LogP contribution in [-0.2, 0) is 9.59 Å². The maximum atomic E-state index is 13.3. The lowest BCUT2D eigenvalue weighted by Crippen LogP contribution is -2.52. The van der Waals surface area contributed by atoms with Crippen molar-refractivity contribution in [2.24, 2.45) is 11.8 Å². The van der Waals surface area contributed by atoms with Crippen LogP contribution in [0.25, 0.3) is 11.1 Å². The van der Waals surface area contributed by atoms with Gasteiger partial charge in [0.2, 0.25) is 0 Å². The molecule has 6 heterocycles. The molecule has 9 rings (SSSR count). The first-order valence-electron chi connectivity index (χ1n) is 14.1. The third-order valence-electron chi connectivity index (χ3n) is 8.90. The Kier molecular flexibility index (Phi) is 7.33. The number of benzene rings is 2. The number of hydrogen-bond donors (Lipinski definition) is 2. The largest absolute Gasteiger partial charge is 0.489 e. The van der Waals surface area contributed by atoms with Crippen molar-refractivity contribution in [2.45, 2.75) is 37.9 Å². The summed E-state index contributed by atoms with van der Waals surface area (Å²) >= 11 is 0. The summed E-state index contributed by atoms with van der Waals surface area (Å²) in [5.74, 6) is 0.521. The van der Waals surface area contributed by atoms with Crippen molar-refractivity contribution in [1.29, 1.82) is 0 Å². The highest BCUT2D eigenvalue weighted by Gasteiger charge is 2.37. The van der Waals surface area contributed by atoms with Crippen molar-refractivity contribution in [3.8, 4) is 22.6 Å². The summed E-state index contributed by atoms with van der Waals surface area (Å²) in [4.78, 5) is 37.4. The number of carbonyl (C=O) groups excluding carboxylic acids is 1. The van der Waals surface area contributed by atoms with Crippen molar-refractivity contribution in [3.05, 3.63) is 59.7 Å². The van der Waals surface area contributed by atoms with Gasteiger partial charge in [-0.2, -0.15) is 0 Å². The zero-order valence-electron chi connectivity index (χ0n) is 22.3. The van der Waals surface area contributed by atoms with Gasteiger partial charge in [0, 0.05) is 36.4 Å². The maximum absolute atomic E-state index is 13.3. The summed E-state index contributed by atoms with van der Waals surface area (Å²) < 4.78 is 12.8. The van der Waals surface area contributed by atoms with Crippen LogP contribution < -0.4 is 9.47 Å². The van der Waals surface area contributed by atoms with E-state index in [1.165, 1.54) is 51.9 Å². The molecule has 40 heavy (non-hydrogen) atoms. The summed E-state index contributed by atoms with van der Waals surface area (Å²) in [6.07, 6.45) is 6.51.